The summed E-state index contributed by atoms with van der Waals surface area (Å²) in [6.07, 6.45) is 5.74. The van der Waals surface area contributed by atoms with E-state index in [9.17, 15) is 0 Å². The van der Waals surface area contributed by atoms with Gasteiger partial charge >= 0.3 is 0 Å². The number of rotatable bonds is 1. The van der Waals surface area contributed by atoms with Crippen molar-refractivity contribution in [3.8, 4) is 0 Å². The Bertz CT molecular complexity index is 193. The molecule has 1 heterocycles. The van der Waals surface area contributed by atoms with Gasteiger partial charge in [0.25, 0.3) is 0 Å². The van der Waals surface area contributed by atoms with Crippen molar-refractivity contribution in [2.45, 2.75) is 65.0 Å². The molecule has 0 aromatic heterocycles. The summed E-state index contributed by atoms with van der Waals surface area (Å²) in [5.41, 5.74) is 0. The largest absolute Gasteiger partial charge is 0.349 e. The van der Waals surface area contributed by atoms with Gasteiger partial charge in [-0.3, -0.25) is 0 Å². The molecule has 0 aromatic rings. The van der Waals surface area contributed by atoms with Crippen molar-refractivity contribution in [1.82, 2.24) is 0 Å². The first-order valence-corrected chi connectivity index (χ1v) is 6.01. The third-order valence-electron chi connectivity index (χ3n) is 3.73. The minimum absolute atomic E-state index is 0.0524. The maximum Gasteiger partial charge on any atom is 0.158 e. The van der Waals surface area contributed by atoms with Gasteiger partial charge in [0.05, 0.1) is 12.2 Å². The first kappa shape index (κ1) is 10.4. The van der Waals surface area contributed by atoms with Crippen LogP contribution in [0.25, 0.3) is 0 Å². The fraction of sp³-hybridized carbons (Fsp3) is 1.00. The van der Waals surface area contributed by atoms with Crippen LogP contribution >= 0.6 is 0 Å². The Balaban J connectivity index is 2.00. The molecular formula is C12H22O2. The van der Waals surface area contributed by atoms with Crippen molar-refractivity contribution in [3.05, 3.63) is 0 Å². The van der Waals surface area contributed by atoms with Crippen molar-refractivity contribution < 1.29 is 9.47 Å². The van der Waals surface area contributed by atoms with Gasteiger partial charge in [-0.1, -0.05) is 20.3 Å². The minimum atomic E-state index is 0.0524. The van der Waals surface area contributed by atoms with Crippen LogP contribution in [0.3, 0.4) is 0 Å². The predicted octanol–water partition coefficient (Wildman–Crippen LogP) is 2.96. The van der Waals surface area contributed by atoms with E-state index in [1.807, 2.05) is 0 Å². The van der Waals surface area contributed by atoms with Gasteiger partial charge in [0, 0.05) is 5.92 Å². The van der Waals surface area contributed by atoms with Crippen LogP contribution in [0.2, 0.25) is 0 Å². The van der Waals surface area contributed by atoms with E-state index in [0.29, 0.717) is 18.1 Å². The third kappa shape index (κ3) is 1.96. The van der Waals surface area contributed by atoms with Crippen LogP contribution in [0.5, 0.6) is 0 Å². The van der Waals surface area contributed by atoms with Gasteiger partial charge in [0.2, 0.25) is 0 Å². The van der Waals surface area contributed by atoms with Crippen LogP contribution in [0.4, 0.5) is 0 Å². The second-order valence-electron chi connectivity index (χ2n) is 4.94. The van der Waals surface area contributed by atoms with E-state index in [-0.39, 0.29) is 6.29 Å². The number of ether oxygens (including phenoxy) is 2. The molecule has 2 rings (SSSR count). The molecule has 2 fully saturated rings. The normalized spacial score (nSPS) is 48.6. The van der Waals surface area contributed by atoms with Crippen molar-refractivity contribution >= 4 is 0 Å². The Kier molecular flexibility index (Phi) is 3.13. The molecule has 0 amide bonds. The molecule has 0 spiro atoms. The Morgan fingerprint density at radius 3 is 2.64 bits per heavy atom. The minimum Gasteiger partial charge on any atom is -0.349 e. The predicted molar refractivity (Wildman–Crippen MR) is 56.0 cm³/mol. The smallest absolute Gasteiger partial charge is 0.158 e. The lowest BCUT2D eigenvalue weighted by Crippen LogP contribution is -2.47. The molecular weight excluding hydrogens is 176 g/mol. The van der Waals surface area contributed by atoms with Crippen molar-refractivity contribution in [3.63, 3.8) is 0 Å². The number of hydrogen-bond donors (Lipinski definition) is 0. The monoisotopic (exact) mass is 198 g/mol. The Morgan fingerprint density at radius 1 is 1.14 bits per heavy atom. The van der Waals surface area contributed by atoms with E-state index in [2.05, 4.69) is 20.8 Å². The molecule has 1 saturated carbocycles. The molecule has 0 N–H and O–H groups in total. The fourth-order valence-electron chi connectivity index (χ4n) is 2.81. The third-order valence-corrected chi connectivity index (χ3v) is 3.73. The van der Waals surface area contributed by atoms with Crippen molar-refractivity contribution in [2.75, 3.05) is 0 Å². The average molecular weight is 198 g/mol. The molecule has 1 aliphatic carbocycles. The summed E-state index contributed by atoms with van der Waals surface area (Å²) in [5, 5.41) is 0. The molecule has 2 heteroatoms. The van der Waals surface area contributed by atoms with E-state index in [0.717, 1.165) is 12.3 Å². The van der Waals surface area contributed by atoms with Gasteiger partial charge in [0.15, 0.2) is 6.29 Å². The summed E-state index contributed by atoms with van der Waals surface area (Å²) in [5.74, 6) is 1.48. The summed E-state index contributed by atoms with van der Waals surface area (Å²) in [4.78, 5) is 0. The van der Waals surface area contributed by atoms with Crippen LogP contribution in [0, 0.1) is 11.8 Å². The van der Waals surface area contributed by atoms with Crippen molar-refractivity contribution in [2.24, 2.45) is 11.8 Å². The highest BCUT2D eigenvalue weighted by molar-refractivity contribution is 4.85. The quantitative estimate of drug-likeness (QED) is 0.645. The lowest BCUT2D eigenvalue weighted by atomic mass is 9.77. The molecule has 1 aliphatic heterocycles. The summed E-state index contributed by atoms with van der Waals surface area (Å²) in [6.45, 7) is 6.67. The number of fused-ring (bicyclic) bond motifs is 1. The highest BCUT2D eigenvalue weighted by atomic mass is 16.7. The Labute approximate surface area is 87.0 Å². The maximum absolute atomic E-state index is 5.96. The fourth-order valence-corrected chi connectivity index (χ4v) is 2.81. The van der Waals surface area contributed by atoms with E-state index >= 15 is 0 Å². The molecule has 82 valence electrons. The molecule has 1 saturated heterocycles. The van der Waals surface area contributed by atoms with Gasteiger partial charge in [0.1, 0.15) is 0 Å². The van der Waals surface area contributed by atoms with Gasteiger partial charge < -0.3 is 9.47 Å². The molecule has 0 aromatic carbocycles. The first-order valence-electron chi connectivity index (χ1n) is 6.01. The van der Waals surface area contributed by atoms with E-state index in [1.54, 1.807) is 0 Å². The molecule has 4 unspecified atom stereocenters. The highest BCUT2D eigenvalue weighted by Crippen LogP contribution is 2.38. The first-order chi connectivity index (χ1) is 6.70. The Hall–Kier alpha value is -0.0800. The van der Waals surface area contributed by atoms with Gasteiger partial charge in [-0.2, -0.15) is 0 Å². The average Bonchev–Trinajstić information content (AvgIpc) is 2.16. The zero-order valence-electron chi connectivity index (χ0n) is 9.53. The SMILES string of the molecule is CCC1OC(C)C2CC[C@@H](C)CC2O1. The van der Waals surface area contributed by atoms with Crippen LogP contribution in [-0.4, -0.2) is 18.5 Å². The summed E-state index contributed by atoms with van der Waals surface area (Å²) in [7, 11) is 0. The van der Waals surface area contributed by atoms with Gasteiger partial charge in [-0.15, -0.1) is 0 Å². The maximum atomic E-state index is 5.96. The summed E-state index contributed by atoms with van der Waals surface area (Å²) < 4.78 is 11.8. The zero-order valence-corrected chi connectivity index (χ0v) is 9.53. The molecule has 2 aliphatic rings. The van der Waals surface area contributed by atoms with Crippen LogP contribution in [0.1, 0.15) is 46.5 Å². The Morgan fingerprint density at radius 2 is 1.93 bits per heavy atom. The van der Waals surface area contributed by atoms with Gasteiger partial charge in [-0.25, -0.2) is 0 Å². The summed E-state index contributed by atoms with van der Waals surface area (Å²) >= 11 is 0. The highest BCUT2D eigenvalue weighted by Gasteiger charge is 2.39. The van der Waals surface area contributed by atoms with Crippen LogP contribution < -0.4 is 0 Å². The molecule has 5 atom stereocenters. The van der Waals surface area contributed by atoms with E-state index in [1.165, 1.54) is 19.3 Å². The number of hydrogen-bond acceptors (Lipinski definition) is 2. The second-order valence-corrected chi connectivity index (χ2v) is 4.94. The molecule has 2 nitrogen and oxygen atoms in total. The second kappa shape index (κ2) is 4.19. The molecule has 0 bridgehead atoms. The topological polar surface area (TPSA) is 18.5 Å². The lowest BCUT2D eigenvalue weighted by molar-refractivity contribution is -0.274. The molecule has 14 heavy (non-hydrogen) atoms. The standard InChI is InChI=1S/C12H22O2/c1-4-12-13-9(3)10-6-5-8(2)7-11(10)14-12/h8-12H,4-7H2,1-3H3/t8-,9?,10?,11?,12?/m1/s1. The van der Waals surface area contributed by atoms with Crippen molar-refractivity contribution in [1.29, 1.82) is 0 Å². The van der Waals surface area contributed by atoms with E-state index < -0.39 is 0 Å². The van der Waals surface area contributed by atoms with E-state index in [4.69, 9.17) is 9.47 Å². The van der Waals surface area contributed by atoms with Crippen LogP contribution in [0.15, 0.2) is 0 Å². The summed E-state index contributed by atoms with van der Waals surface area (Å²) in [6, 6.07) is 0. The zero-order chi connectivity index (χ0) is 10.1. The lowest BCUT2D eigenvalue weighted by Gasteiger charge is -2.44. The van der Waals surface area contributed by atoms with Gasteiger partial charge in [-0.05, 0) is 32.1 Å². The molecule has 0 radical (unpaired) electrons. The van der Waals surface area contributed by atoms with Crippen LogP contribution in [-0.2, 0) is 9.47 Å².